The topological polar surface area (TPSA) is 53.9 Å². The number of aromatic nitrogens is 3. The molecule has 0 amide bonds. The van der Waals surface area contributed by atoms with Crippen molar-refractivity contribution in [1.29, 1.82) is 0 Å². The number of H-pyrrole nitrogens is 1. The van der Waals surface area contributed by atoms with Gasteiger partial charge in [-0.2, -0.15) is 16.9 Å². The van der Waals surface area contributed by atoms with Crippen LogP contribution in [0.4, 0.5) is 0 Å². The Hall–Kier alpha value is -0.750. The van der Waals surface area contributed by atoms with Crippen molar-refractivity contribution in [2.24, 2.45) is 0 Å². The molecule has 96 valence electrons. The van der Waals surface area contributed by atoms with Crippen LogP contribution >= 0.6 is 11.8 Å². The maximum atomic E-state index is 11.4. The fraction of sp³-hybridized carbons (Fsp3) is 0.818. The molecule has 1 aliphatic heterocycles. The lowest BCUT2D eigenvalue weighted by Gasteiger charge is -2.31. The predicted molar refractivity (Wildman–Crippen MR) is 70.6 cm³/mol. The third kappa shape index (κ3) is 3.35. The molecule has 2 rings (SSSR count). The second-order valence-corrected chi connectivity index (χ2v) is 5.73. The van der Waals surface area contributed by atoms with Crippen molar-refractivity contribution in [2.75, 3.05) is 31.1 Å². The molecule has 0 aliphatic carbocycles. The summed E-state index contributed by atoms with van der Waals surface area (Å²) in [5.74, 6) is 2.41. The SMILES string of the molecule is CCSCCN1CCC(n2cn[nH]c2=O)CC1. The number of piperidine rings is 1. The summed E-state index contributed by atoms with van der Waals surface area (Å²) in [7, 11) is 0. The third-order valence-corrected chi connectivity index (χ3v) is 4.16. The van der Waals surface area contributed by atoms with Crippen molar-refractivity contribution >= 4 is 11.8 Å². The molecule has 0 aromatic carbocycles. The molecule has 1 aromatic rings. The van der Waals surface area contributed by atoms with Crippen LogP contribution in [0.3, 0.4) is 0 Å². The highest BCUT2D eigenvalue weighted by Gasteiger charge is 2.21. The number of hydrogen-bond acceptors (Lipinski definition) is 4. The zero-order valence-corrected chi connectivity index (χ0v) is 11.1. The van der Waals surface area contributed by atoms with E-state index in [0.29, 0.717) is 6.04 Å². The van der Waals surface area contributed by atoms with E-state index in [4.69, 9.17) is 0 Å². The van der Waals surface area contributed by atoms with E-state index >= 15 is 0 Å². The zero-order valence-electron chi connectivity index (χ0n) is 10.3. The summed E-state index contributed by atoms with van der Waals surface area (Å²) < 4.78 is 1.73. The first-order valence-corrected chi connectivity index (χ1v) is 7.38. The highest BCUT2D eigenvalue weighted by atomic mass is 32.2. The van der Waals surface area contributed by atoms with Crippen molar-refractivity contribution in [3.8, 4) is 0 Å². The van der Waals surface area contributed by atoms with Crippen LogP contribution < -0.4 is 5.69 Å². The molecule has 1 saturated heterocycles. The summed E-state index contributed by atoms with van der Waals surface area (Å²) in [6.45, 7) is 5.55. The van der Waals surface area contributed by atoms with Crippen LogP contribution in [0.2, 0.25) is 0 Å². The first-order valence-electron chi connectivity index (χ1n) is 6.23. The van der Waals surface area contributed by atoms with E-state index in [1.165, 1.54) is 18.1 Å². The van der Waals surface area contributed by atoms with E-state index in [9.17, 15) is 4.79 Å². The standard InChI is InChI=1S/C11H20N4OS/c1-2-17-8-7-14-5-3-10(4-6-14)15-9-12-13-11(15)16/h9-10H,2-8H2,1H3,(H,13,16). The largest absolute Gasteiger partial charge is 0.343 e. The lowest BCUT2D eigenvalue weighted by Crippen LogP contribution is -2.37. The van der Waals surface area contributed by atoms with Crippen molar-refractivity contribution in [2.45, 2.75) is 25.8 Å². The third-order valence-electron chi connectivity index (χ3n) is 3.28. The molecule has 0 saturated carbocycles. The van der Waals surface area contributed by atoms with Gasteiger partial charge in [0.1, 0.15) is 6.33 Å². The Balaban J connectivity index is 1.78. The summed E-state index contributed by atoms with van der Waals surface area (Å²) >= 11 is 1.99. The molecule has 0 bridgehead atoms. The van der Waals surface area contributed by atoms with Gasteiger partial charge in [-0.3, -0.25) is 4.57 Å². The van der Waals surface area contributed by atoms with Gasteiger partial charge in [0.15, 0.2) is 0 Å². The lowest BCUT2D eigenvalue weighted by atomic mass is 10.1. The minimum absolute atomic E-state index is 0.0787. The monoisotopic (exact) mass is 256 g/mol. The molecule has 6 heteroatoms. The summed E-state index contributed by atoms with van der Waals surface area (Å²) in [5, 5.41) is 6.24. The Kier molecular flexibility index (Phi) is 4.67. The normalized spacial score (nSPS) is 18.6. The van der Waals surface area contributed by atoms with Gasteiger partial charge in [0.05, 0.1) is 0 Å². The summed E-state index contributed by atoms with van der Waals surface area (Å²) in [6, 6.07) is 0.330. The fourth-order valence-corrected chi connectivity index (χ4v) is 2.95. The van der Waals surface area contributed by atoms with E-state index in [-0.39, 0.29) is 5.69 Å². The van der Waals surface area contributed by atoms with E-state index in [2.05, 4.69) is 22.0 Å². The maximum absolute atomic E-state index is 11.4. The molecule has 1 N–H and O–H groups in total. The van der Waals surface area contributed by atoms with Gasteiger partial charge in [-0.05, 0) is 18.6 Å². The molecule has 1 fully saturated rings. The molecule has 0 unspecified atom stereocenters. The number of rotatable bonds is 5. The van der Waals surface area contributed by atoms with Gasteiger partial charge >= 0.3 is 5.69 Å². The summed E-state index contributed by atoms with van der Waals surface area (Å²) in [5.41, 5.74) is -0.0787. The molecule has 1 aliphatic rings. The summed E-state index contributed by atoms with van der Waals surface area (Å²) in [6.07, 6.45) is 3.72. The number of thioether (sulfide) groups is 1. The Bertz CT molecular complexity index is 381. The average Bonchev–Trinajstić information content (AvgIpc) is 2.77. The Morgan fingerprint density at radius 1 is 1.53 bits per heavy atom. The molecule has 0 spiro atoms. The van der Waals surface area contributed by atoms with Crippen molar-refractivity contribution < 1.29 is 0 Å². The second-order valence-electron chi connectivity index (χ2n) is 4.34. The molecule has 0 atom stereocenters. The van der Waals surface area contributed by atoms with Crippen molar-refractivity contribution in [1.82, 2.24) is 19.7 Å². The van der Waals surface area contributed by atoms with E-state index in [1.807, 2.05) is 11.8 Å². The van der Waals surface area contributed by atoms with Gasteiger partial charge in [0.2, 0.25) is 0 Å². The zero-order chi connectivity index (χ0) is 12.1. The minimum Gasteiger partial charge on any atom is -0.302 e. The smallest absolute Gasteiger partial charge is 0.302 e. The van der Waals surface area contributed by atoms with Crippen LogP contribution in [0.1, 0.15) is 25.8 Å². The minimum atomic E-state index is -0.0787. The van der Waals surface area contributed by atoms with E-state index in [0.717, 1.165) is 25.9 Å². The molecule has 17 heavy (non-hydrogen) atoms. The van der Waals surface area contributed by atoms with Gasteiger partial charge in [-0.15, -0.1) is 0 Å². The van der Waals surface area contributed by atoms with Crippen LogP contribution in [0.25, 0.3) is 0 Å². The van der Waals surface area contributed by atoms with Gasteiger partial charge in [0, 0.05) is 31.4 Å². The van der Waals surface area contributed by atoms with Gasteiger partial charge < -0.3 is 4.90 Å². The van der Waals surface area contributed by atoms with Gasteiger partial charge in [-0.25, -0.2) is 9.89 Å². The highest BCUT2D eigenvalue weighted by molar-refractivity contribution is 7.99. The molecule has 5 nitrogen and oxygen atoms in total. The first-order chi connectivity index (χ1) is 8.31. The number of nitrogens with zero attached hydrogens (tertiary/aromatic N) is 3. The number of likely N-dealkylation sites (tertiary alicyclic amines) is 1. The molecular weight excluding hydrogens is 236 g/mol. The van der Waals surface area contributed by atoms with Crippen molar-refractivity contribution in [3.05, 3.63) is 16.8 Å². The number of hydrogen-bond donors (Lipinski definition) is 1. The van der Waals surface area contributed by atoms with Gasteiger partial charge in [-0.1, -0.05) is 6.92 Å². The first kappa shape index (κ1) is 12.7. The van der Waals surface area contributed by atoms with Gasteiger partial charge in [0.25, 0.3) is 0 Å². The molecule has 2 heterocycles. The Morgan fingerprint density at radius 3 is 2.88 bits per heavy atom. The predicted octanol–water partition coefficient (Wildman–Crippen LogP) is 0.961. The molecule has 0 radical (unpaired) electrons. The lowest BCUT2D eigenvalue weighted by molar-refractivity contribution is 0.194. The summed E-state index contributed by atoms with van der Waals surface area (Å²) in [4.78, 5) is 13.9. The molecular formula is C11H20N4OS. The maximum Gasteiger partial charge on any atom is 0.343 e. The van der Waals surface area contributed by atoms with Crippen molar-refractivity contribution in [3.63, 3.8) is 0 Å². The van der Waals surface area contributed by atoms with E-state index < -0.39 is 0 Å². The van der Waals surface area contributed by atoms with Crippen LogP contribution in [-0.2, 0) is 0 Å². The Labute approximate surface area is 106 Å². The highest BCUT2D eigenvalue weighted by Crippen LogP contribution is 2.20. The average molecular weight is 256 g/mol. The second kappa shape index (κ2) is 6.26. The number of aromatic amines is 1. The van der Waals surface area contributed by atoms with E-state index in [1.54, 1.807) is 10.9 Å². The van der Waals surface area contributed by atoms with Crippen LogP contribution in [0.5, 0.6) is 0 Å². The fourth-order valence-electron chi connectivity index (χ4n) is 2.28. The number of nitrogens with one attached hydrogen (secondary N) is 1. The van der Waals surface area contributed by atoms with Crippen LogP contribution in [0.15, 0.2) is 11.1 Å². The Morgan fingerprint density at radius 2 is 2.29 bits per heavy atom. The van der Waals surface area contributed by atoms with Crippen LogP contribution in [0, 0.1) is 0 Å². The quantitative estimate of drug-likeness (QED) is 0.797. The van der Waals surface area contributed by atoms with Crippen LogP contribution in [-0.4, -0.2) is 50.8 Å². The molecule has 1 aromatic heterocycles.